The topological polar surface area (TPSA) is 90.1 Å². The average molecular weight is 341 g/mol. The predicted octanol–water partition coefficient (Wildman–Crippen LogP) is 3.02. The minimum Gasteiger partial charge on any atom is -0.310 e. The molecule has 7 nitrogen and oxygen atoms in total. The lowest BCUT2D eigenvalue weighted by Gasteiger charge is -2.05. The second kappa shape index (κ2) is 6.80. The summed E-state index contributed by atoms with van der Waals surface area (Å²) in [5.74, 6) is 0.359. The summed E-state index contributed by atoms with van der Waals surface area (Å²) in [5, 5.41) is 18.1. The van der Waals surface area contributed by atoms with Gasteiger partial charge < -0.3 is 5.32 Å². The van der Waals surface area contributed by atoms with E-state index in [1.807, 2.05) is 6.92 Å². The number of aromatic nitrogens is 2. The number of carbonyl (C=O) groups is 1. The number of amides is 1. The van der Waals surface area contributed by atoms with Crippen LogP contribution >= 0.6 is 23.4 Å². The van der Waals surface area contributed by atoms with Crippen molar-refractivity contribution < 1.29 is 9.72 Å². The molecule has 0 atom stereocenters. The third kappa shape index (κ3) is 3.99. The van der Waals surface area contributed by atoms with Gasteiger partial charge in [0.1, 0.15) is 5.82 Å². The first-order chi connectivity index (χ1) is 10.4. The molecule has 0 aliphatic rings. The standard InChI is InChI=1S/C13H13ClN4O3S/c1-8-5-12(17(2)16-8)15-13(19)7-22-11-4-3-9(14)6-10(11)18(20)21/h3-6H,7H2,1-2H3,(H,15,19). The van der Waals surface area contributed by atoms with Gasteiger partial charge in [0, 0.05) is 24.2 Å². The van der Waals surface area contributed by atoms with E-state index in [1.54, 1.807) is 23.9 Å². The van der Waals surface area contributed by atoms with E-state index in [0.29, 0.717) is 10.7 Å². The van der Waals surface area contributed by atoms with Crippen molar-refractivity contribution in [1.82, 2.24) is 9.78 Å². The van der Waals surface area contributed by atoms with Gasteiger partial charge in [-0.25, -0.2) is 0 Å². The van der Waals surface area contributed by atoms with Crippen molar-refractivity contribution in [1.29, 1.82) is 0 Å². The molecular formula is C13H13ClN4O3S. The van der Waals surface area contributed by atoms with E-state index in [2.05, 4.69) is 10.4 Å². The molecule has 1 heterocycles. The molecule has 0 saturated heterocycles. The summed E-state index contributed by atoms with van der Waals surface area (Å²) < 4.78 is 1.56. The van der Waals surface area contributed by atoms with Gasteiger partial charge >= 0.3 is 0 Å². The number of rotatable bonds is 5. The molecule has 0 bridgehead atoms. The summed E-state index contributed by atoms with van der Waals surface area (Å²) in [6.07, 6.45) is 0. The van der Waals surface area contributed by atoms with Gasteiger partial charge in [-0.3, -0.25) is 19.6 Å². The highest BCUT2D eigenvalue weighted by molar-refractivity contribution is 8.00. The van der Waals surface area contributed by atoms with Gasteiger partial charge in [-0.05, 0) is 19.1 Å². The van der Waals surface area contributed by atoms with Crippen molar-refractivity contribution in [3.63, 3.8) is 0 Å². The number of benzene rings is 1. The SMILES string of the molecule is Cc1cc(NC(=O)CSc2ccc(Cl)cc2[N+](=O)[O-])n(C)n1. The Balaban J connectivity index is 2.02. The first-order valence-corrected chi connectivity index (χ1v) is 7.60. The van der Waals surface area contributed by atoms with Gasteiger partial charge in [0.05, 0.1) is 21.3 Å². The van der Waals surface area contributed by atoms with E-state index < -0.39 is 4.92 Å². The number of anilines is 1. The second-order valence-corrected chi connectivity index (χ2v) is 5.95. The van der Waals surface area contributed by atoms with Gasteiger partial charge in [0.2, 0.25) is 5.91 Å². The van der Waals surface area contributed by atoms with Crippen molar-refractivity contribution in [2.75, 3.05) is 11.1 Å². The number of halogens is 1. The Hall–Kier alpha value is -2.06. The molecule has 1 amide bonds. The minimum atomic E-state index is -0.517. The molecule has 22 heavy (non-hydrogen) atoms. The van der Waals surface area contributed by atoms with Crippen molar-refractivity contribution in [3.05, 3.63) is 45.1 Å². The van der Waals surface area contributed by atoms with Gasteiger partial charge in [-0.2, -0.15) is 5.10 Å². The van der Waals surface area contributed by atoms with Crippen molar-refractivity contribution in [2.24, 2.45) is 7.05 Å². The fraction of sp³-hybridized carbons (Fsp3) is 0.231. The number of nitrogens with zero attached hydrogens (tertiary/aromatic N) is 3. The second-order valence-electron chi connectivity index (χ2n) is 4.50. The fourth-order valence-electron chi connectivity index (χ4n) is 1.81. The van der Waals surface area contributed by atoms with E-state index in [-0.39, 0.29) is 22.4 Å². The number of nitro benzene ring substituents is 1. The molecule has 1 N–H and O–H groups in total. The van der Waals surface area contributed by atoms with Crippen LogP contribution in [0.1, 0.15) is 5.69 Å². The van der Waals surface area contributed by atoms with E-state index in [9.17, 15) is 14.9 Å². The zero-order valence-electron chi connectivity index (χ0n) is 11.9. The Labute approximate surface area is 135 Å². The largest absolute Gasteiger partial charge is 0.310 e. The number of hydrogen-bond acceptors (Lipinski definition) is 5. The quantitative estimate of drug-likeness (QED) is 0.513. The van der Waals surface area contributed by atoms with Crippen LogP contribution in [-0.4, -0.2) is 26.4 Å². The summed E-state index contributed by atoms with van der Waals surface area (Å²) in [7, 11) is 1.72. The monoisotopic (exact) mass is 340 g/mol. The van der Waals surface area contributed by atoms with E-state index in [0.717, 1.165) is 17.5 Å². The van der Waals surface area contributed by atoms with E-state index >= 15 is 0 Å². The Kier molecular flexibility index (Phi) is 5.04. The third-order valence-corrected chi connectivity index (χ3v) is 4.04. The average Bonchev–Trinajstić information content (AvgIpc) is 2.75. The maximum atomic E-state index is 11.9. The highest BCUT2D eigenvalue weighted by Gasteiger charge is 2.16. The zero-order chi connectivity index (χ0) is 16.3. The number of aryl methyl sites for hydroxylation is 2. The zero-order valence-corrected chi connectivity index (χ0v) is 13.4. The molecule has 0 radical (unpaired) electrons. The van der Waals surface area contributed by atoms with Crippen molar-refractivity contribution >= 4 is 40.8 Å². The summed E-state index contributed by atoms with van der Waals surface area (Å²) in [5.41, 5.74) is 0.681. The Morgan fingerprint density at radius 2 is 2.23 bits per heavy atom. The predicted molar refractivity (Wildman–Crippen MR) is 85.4 cm³/mol. The molecule has 2 rings (SSSR count). The molecule has 0 fully saturated rings. The molecule has 0 unspecified atom stereocenters. The highest BCUT2D eigenvalue weighted by atomic mass is 35.5. The van der Waals surface area contributed by atoms with Gasteiger partial charge in [-0.15, -0.1) is 11.8 Å². The van der Waals surface area contributed by atoms with Crippen LogP contribution in [0.25, 0.3) is 0 Å². The highest BCUT2D eigenvalue weighted by Crippen LogP contribution is 2.31. The Bertz CT molecular complexity index is 732. The van der Waals surface area contributed by atoms with Crippen LogP contribution < -0.4 is 5.32 Å². The maximum Gasteiger partial charge on any atom is 0.284 e. The molecule has 0 spiro atoms. The van der Waals surface area contributed by atoms with Crippen LogP contribution in [0.4, 0.5) is 11.5 Å². The van der Waals surface area contributed by atoms with Crippen LogP contribution in [0.2, 0.25) is 5.02 Å². The first-order valence-electron chi connectivity index (χ1n) is 6.24. The van der Waals surface area contributed by atoms with Gasteiger partial charge in [0.15, 0.2) is 0 Å². The summed E-state index contributed by atoms with van der Waals surface area (Å²) >= 11 is 6.83. The molecule has 0 saturated carbocycles. The van der Waals surface area contributed by atoms with Gasteiger partial charge in [-0.1, -0.05) is 11.6 Å². The maximum absolute atomic E-state index is 11.9. The fourth-order valence-corrected chi connectivity index (χ4v) is 2.78. The number of carbonyl (C=O) groups excluding carboxylic acids is 1. The lowest BCUT2D eigenvalue weighted by atomic mass is 10.3. The number of hydrogen-bond donors (Lipinski definition) is 1. The normalized spacial score (nSPS) is 10.5. The van der Waals surface area contributed by atoms with Crippen LogP contribution in [0, 0.1) is 17.0 Å². The Morgan fingerprint density at radius 1 is 1.50 bits per heavy atom. The first kappa shape index (κ1) is 16.3. The smallest absolute Gasteiger partial charge is 0.284 e. The Morgan fingerprint density at radius 3 is 2.82 bits per heavy atom. The van der Waals surface area contributed by atoms with Crippen molar-refractivity contribution in [3.8, 4) is 0 Å². The van der Waals surface area contributed by atoms with E-state index in [4.69, 9.17) is 11.6 Å². The molecular weight excluding hydrogens is 328 g/mol. The molecule has 9 heteroatoms. The number of nitro groups is 1. The third-order valence-electron chi connectivity index (χ3n) is 2.75. The summed E-state index contributed by atoms with van der Waals surface area (Å²) in [6, 6.07) is 6.10. The molecule has 1 aromatic carbocycles. The van der Waals surface area contributed by atoms with Crippen LogP contribution in [0.3, 0.4) is 0 Å². The van der Waals surface area contributed by atoms with Crippen LogP contribution in [0.15, 0.2) is 29.2 Å². The number of nitrogens with one attached hydrogen (secondary N) is 1. The lowest BCUT2D eigenvalue weighted by Crippen LogP contribution is -2.16. The lowest BCUT2D eigenvalue weighted by molar-refractivity contribution is -0.387. The minimum absolute atomic E-state index is 0.0483. The van der Waals surface area contributed by atoms with E-state index in [1.165, 1.54) is 12.1 Å². The van der Waals surface area contributed by atoms with Crippen LogP contribution in [-0.2, 0) is 11.8 Å². The van der Waals surface area contributed by atoms with Gasteiger partial charge in [0.25, 0.3) is 5.69 Å². The molecule has 0 aliphatic heterocycles. The molecule has 2 aromatic rings. The molecule has 1 aromatic heterocycles. The van der Waals surface area contributed by atoms with Crippen molar-refractivity contribution in [2.45, 2.75) is 11.8 Å². The molecule has 0 aliphatic carbocycles. The summed E-state index contributed by atoms with van der Waals surface area (Å²) in [6.45, 7) is 1.82. The van der Waals surface area contributed by atoms with Crippen LogP contribution in [0.5, 0.6) is 0 Å². The number of thioether (sulfide) groups is 1. The molecule has 116 valence electrons. The summed E-state index contributed by atoms with van der Waals surface area (Å²) in [4.78, 5) is 22.8.